The summed E-state index contributed by atoms with van der Waals surface area (Å²) in [6.45, 7) is 0.401. The summed E-state index contributed by atoms with van der Waals surface area (Å²) in [5, 5.41) is 8.31. The largest absolute Gasteiger partial charge is 0.495 e. The quantitative estimate of drug-likeness (QED) is 0.867. The summed E-state index contributed by atoms with van der Waals surface area (Å²) in [6.07, 6.45) is 1.29. The highest BCUT2D eigenvalue weighted by Crippen LogP contribution is 2.38. The molecule has 2 amide bonds. The molecule has 0 aliphatic carbocycles. The number of methoxy groups -OCH3 is 1. The molecule has 26 heavy (non-hydrogen) atoms. The molecule has 0 spiro atoms. The first-order valence-corrected chi connectivity index (χ1v) is 7.58. The molecule has 0 fully saturated rings. The summed E-state index contributed by atoms with van der Waals surface area (Å²) < 4.78 is 47.8. The predicted octanol–water partition coefficient (Wildman–Crippen LogP) is 2.27. The molecule has 0 bridgehead atoms. The van der Waals surface area contributed by atoms with Gasteiger partial charge in [-0.25, -0.2) is 22.6 Å². The number of urea groups is 1. The van der Waals surface area contributed by atoms with E-state index in [-0.39, 0.29) is 29.1 Å². The summed E-state index contributed by atoms with van der Waals surface area (Å²) in [4.78, 5) is 23.6. The summed E-state index contributed by atoms with van der Waals surface area (Å²) in [5.41, 5.74) is -0.527. The molecule has 0 saturated carbocycles. The van der Waals surface area contributed by atoms with Crippen molar-refractivity contribution in [3.8, 4) is 5.75 Å². The van der Waals surface area contributed by atoms with Crippen molar-refractivity contribution in [3.63, 3.8) is 0 Å². The lowest BCUT2D eigenvalue weighted by molar-refractivity contribution is -0.0157. The Morgan fingerprint density at radius 2 is 2.04 bits per heavy atom. The number of hydrogen-bond donors (Lipinski definition) is 2. The fourth-order valence-electron chi connectivity index (χ4n) is 2.68. The number of carbonyl (C=O) groups is 1. The third-order valence-corrected chi connectivity index (χ3v) is 3.96. The first-order chi connectivity index (χ1) is 12.2. The third-order valence-electron chi connectivity index (χ3n) is 3.96. The lowest BCUT2D eigenvalue weighted by Gasteiger charge is -2.31. The molecule has 10 heteroatoms. The number of nitrogens with zero attached hydrogens (tertiary/aromatic N) is 2. The minimum absolute atomic E-state index is 0.0175. The normalized spacial score (nSPS) is 16.5. The number of halogens is 3. The molecular weight excluding hydrogens is 353 g/mol. The van der Waals surface area contributed by atoms with Gasteiger partial charge in [-0.1, -0.05) is 0 Å². The van der Waals surface area contributed by atoms with Crippen LogP contribution in [-0.2, 0) is 6.54 Å². The molecule has 1 unspecified atom stereocenters. The van der Waals surface area contributed by atoms with E-state index in [0.717, 1.165) is 10.7 Å². The molecule has 2 heterocycles. The van der Waals surface area contributed by atoms with E-state index in [4.69, 9.17) is 4.74 Å². The molecule has 1 aliphatic heterocycles. The Labute approximate surface area is 145 Å². The molecule has 0 saturated heterocycles. The number of amides is 2. The van der Waals surface area contributed by atoms with Crippen LogP contribution in [-0.4, -0.2) is 28.8 Å². The molecule has 2 aromatic rings. The van der Waals surface area contributed by atoms with Crippen LogP contribution in [0.15, 0.2) is 29.2 Å². The van der Waals surface area contributed by atoms with E-state index < -0.39 is 29.4 Å². The average Bonchev–Trinajstić information content (AvgIpc) is 2.56. The van der Waals surface area contributed by atoms with E-state index in [1.165, 1.54) is 25.4 Å². The lowest BCUT2D eigenvalue weighted by Crippen LogP contribution is -2.45. The maximum absolute atomic E-state index is 14.4. The smallest absolute Gasteiger partial charge is 0.319 e. The third kappa shape index (κ3) is 3.35. The number of ether oxygens (including phenoxy) is 1. The van der Waals surface area contributed by atoms with Gasteiger partial charge in [0.15, 0.2) is 0 Å². The minimum atomic E-state index is -3.28. The molecule has 1 aromatic carbocycles. The second-order valence-corrected chi connectivity index (χ2v) is 5.91. The van der Waals surface area contributed by atoms with Crippen molar-refractivity contribution in [3.05, 3.63) is 51.7 Å². The van der Waals surface area contributed by atoms with Gasteiger partial charge in [0.1, 0.15) is 17.6 Å². The molecule has 2 N–H and O–H groups in total. The van der Waals surface area contributed by atoms with E-state index >= 15 is 0 Å². The summed E-state index contributed by atoms with van der Waals surface area (Å²) in [7, 11) is 1.38. The van der Waals surface area contributed by atoms with Crippen LogP contribution in [0.1, 0.15) is 24.1 Å². The number of anilines is 1. The summed E-state index contributed by atoms with van der Waals surface area (Å²) >= 11 is 0. The van der Waals surface area contributed by atoms with Crippen molar-refractivity contribution in [2.24, 2.45) is 0 Å². The van der Waals surface area contributed by atoms with Gasteiger partial charge in [-0.2, -0.15) is 5.10 Å². The van der Waals surface area contributed by atoms with Gasteiger partial charge < -0.3 is 15.4 Å². The highest BCUT2D eigenvalue weighted by atomic mass is 19.3. The van der Waals surface area contributed by atoms with Gasteiger partial charge in [0.2, 0.25) is 0 Å². The standard InChI is InChI=1S/C16H15F3N4O3/c1-16(18,19)14-10-5-11(17)8(3-12(10)21-15(25)22-14)7-23-13(24)4-9(26-2)6-20-23/h3-6,14H,7H2,1-2H3,(H2,21,22,25). The SMILES string of the molecule is COc1cnn(Cc2cc3c(cc2F)C(C(C)(F)F)NC(=O)N3)c(=O)c1. The molecule has 1 aliphatic rings. The fourth-order valence-corrected chi connectivity index (χ4v) is 2.68. The fraction of sp³-hybridized carbons (Fsp3) is 0.312. The van der Waals surface area contributed by atoms with E-state index in [0.29, 0.717) is 6.92 Å². The van der Waals surface area contributed by atoms with E-state index in [1.54, 1.807) is 0 Å². The van der Waals surface area contributed by atoms with Gasteiger partial charge in [0.05, 0.1) is 19.9 Å². The van der Waals surface area contributed by atoms with Crippen LogP contribution in [0.25, 0.3) is 0 Å². The van der Waals surface area contributed by atoms with Gasteiger partial charge in [-0.05, 0) is 12.1 Å². The van der Waals surface area contributed by atoms with Gasteiger partial charge >= 0.3 is 6.03 Å². The van der Waals surface area contributed by atoms with Gasteiger partial charge in [0.25, 0.3) is 11.5 Å². The molecule has 1 atom stereocenters. The van der Waals surface area contributed by atoms with Crippen LogP contribution in [0.5, 0.6) is 5.75 Å². The first kappa shape index (κ1) is 17.8. The van der Waals surface area contributed by atoms with Crippen molar-refractivity contribution >= 4 is 11.7 Å². The maximum atomic E-state index is 14.4. The van der Waals surface area contributed by atoms with Crippen LogP contribution in [0, 0.1) is 5.82 Å². The van der Waals surface area contributed by atoms with Gasteiger partial charge in [0, 0.05) is 29.8 Å². The number of rotatable bonds is 4. The molecule has 0 radical (unpaired) electrons. The number of benzene rings is 1. The van der Waals surface area contributed by atoms with Crippen molar-refractivity contribution in [2.45, 2.75) is 25.4 Å². The van der Waals surface area contributed by atoms with E-state index in [9.17, 15) is 22.8 Å². The Morgan fingerprint density at radius 1 is 1.31 bits per heavy atom. The second-order valence-electron chi connectivity index (χ2n) is 5.91. The Balaban J connectivity index is 2.00. The minimum Gasteiger partial charge on any atom is -0.495 e. The topological polar surface area (TPSA) is 85.2 Å². The van der Waals surface area contributed by atoms with Crippen LogP contribution >= 0.6 is 0 Å². The number of nitrogens with one attached hydrogen (secondary N) is 2. The summed E-state index contributed by atoms with van der Waals surface area (Å²) in [6, 6.07) is 0.856. The van der Waals surface area contributed by atoms with Crippen molar-refractivity contribution in [2.75, 3.05) is 12.4 Å². The van der Waals surface area contributed by atoms with Crippen LogP contribution < -0.4 is 20.9 Å². The number of carbonyl (C=O) groups excluding carboxylic acids is 1. The van der Waals surface area contributed by atoms with Gasteiger partial charge in [-0.3, -0.25) is 4.79 Å². The second kappa shape index (κ2) is 6.36. The highest BCUT2D eigenvalue weighted by Gasteiger charge is 2.41. The van der Waals surface area contributed by atoms with Gasteiger partial charge in [-0.15, -0.1) is 0 Å². The van der Waals surface area contributed by atoms with E-state index in [1.807, 2.05) is 0 Å². The average molecular weight is 368 g/mol. The molecule has 1 aromatic heterocycles. The number of alkyl halides is 2. The Kier molecular flexibility index (Phi) is 4.34. The Hall–Kier alpha value is -3.04. The zero-order valence-electron chi connectivity index (χ0n) is 13.8. The molecular formula is C16H15F3N4O3. The van der Waals surface area contributed by atoms with Crippen LogP contribution in [0.4, 0.5) is 23.7 Å². The molecule has 3 rings (SSSR count). The Bertz CT molecular complexity index is 924. The van der Waals surface area contributed by atoms with E-state index in [2.05, 4.69) is 15.7 Å². The summed E-state index contributed by atoms with van der Waals surface area (Å²) in [5.74, 6) is -3.82. The van der Waals surface area contributed by atoms with Crippen LogP contribution in [0.2, 0.25) is 0 Å². The zero-order chi connectivity index (χ0) is 19.1. The van der Waals surface area contributed by atoms with Crippen molar-refractivity contribution in [1.29, 1.82) is 0 Å². The number of hydrogen-bond acceptors (Lipinski definition) is 4. The zero-order valence-corrected chi connectivity index (χ0v) is 13.8. The predicted molar refractivity (Wildman–Crippen MR) is 86.1 cm³/mol. The first-order valence-electron chi connectivity index (χ1n) is 7.58. The Morgan fingerprint density at radius 3 is 2.65 bits per heavy atom. The lowest BCUT2D eigenvalue weighted by atomic mass is 9.96. The molecule has 138 valence electrons. The highest BCUT2D eigenvalue weighted by molar-refractivity contribution is 5.93. The maximum Gasteiger partial charge on any atom is 0.319 e. The molecule has 7 nitrogen and oxygen atoms in total. The van der Waals surface area contributed by atoms with Crippen LogP contribution in [0.3, 0.4) is 0 Å². The monoisotopic (exact) mass is 368 g/mol. The van der Waals surface area contributed by atoms with Crippen molar-refractivity contribution < 1.29 is 22.7 Å². The van der Waals surface area contributed by atoms with Crippen molar-refractivity contribution in [1.82, 2.24) is 15.1 Å². The number of aromatic nitrogens is 2. The number of fused-ring (bicyclic) bond motifs is 1.